The van der Waals surface area contributed by atoms with Gasteiger partial charge in [-0.25, -0.2) is 9.59 Å². The van der Waals surface area contributed by atoms with E-state index in [0.29, 0.717) is 11.1 Å². The topological polar surface area (TPSA) is 146 Å². The molecule has 0 N–H and O–H groups in total. The Morgan fingerprint density at radius 2 is 1.18 bits per heavy atom. The molecule has 1 saturated heterocycles. The molecule has 282 valence electrons. The molecule has 5 aliphatic rings. The van der Waals surface area contributed by atoms with Gasteiger partial charge in [0.1, 0.15) is 23.1 Å². The van der Waals surface area contributed by atoms with Crippen LogP contribution in [0.25, 0.3) is 6.08 Å². The van der Waals surface area contributed by atoms with Crippen molar-refractivity contribution in [1.29, 1.82) is 0 Å². The highest BCUT2D eigenvalue weighted by molar-refractivity contribution is 6.32. The number of hydrogen-bond acceptors (Lipinski definition) is 12. The van der Waals surface area contributed by atoms with Gasteiger partial charge in [0.15, 0.2) is 11.6 Å². The maximum atomic E-state index is 15.3. The van der Waals surface area contributed by atoms with Crippen molar-refractivity contribution in [3.05, 3.63) is 124 Å². The third-order valence-electron chi connectivity index (χ3n) is 11.5. The van der Waals surface area contributed by atoms with Crippen LogP contribution in [0.15, 0.2) is 90.3 Å². The standard InChI is InChI=1S/C43H40N2O10/c1-5-52-39(48)30-33-29(32-24-16-10-9-15-23(24)21-22-44(32)34(30)41(50)54-7-3)25-17-11-12-18-26(25)36-43(37(46)27-19-13-14-20-28(27)38(43)47)31(40(49)53-6-2)35(45(33)36)42(51)55-8-4/h9-22,29,31-33,35-36H,5-8H2,1-4H3/t29-,31+,32+,33-,35-,36-/m1/s1. The number of benzene rings is 3. The number of nitrogens with zero attached hydrogens (tertiary/aromatic N) is 2. The van der Waals surface area contributed by atoms with E-state index in [9.17, 15) is 19.2 Å². The van der Waals surface area contributed by atoms with Gasteiger partial charge in [0.25, 0.3) is 0 Å². The predicted octanol–water partition coefficient (Wildman–Crippen LogP) is 5.11. The number of ether oxygens (including phenoxy) is 4. The third-order valence-corrected chi connectivity index (χ3v) is 11.5. The summed E-state index contributed by atoms with van der Waals surface area (Å²) >= 11 is 0. The van der Waals surface area contributed by atoms with Crippen LogP contribution in [0, 0.1) is 11.3 Å². The van der Waals surface area contributed by atoms with Gasteiger partial charge in [-0.2, -0.15) is 0 Å². The second kappa shape index (κ2) is 13.8. The molecule has 0 bridgehead atoms. The predicted molar refractivity (Wildman–Crippen MR) is 196 cm³/mol. The van der Waals surface area contributed by atoms with E-state index in [1.54, 1.807) is 80.1 Å². The van der Waals surface area contributed by atoms with Gasteiger partial charge < -0.3 is 23.8 Å². The maximum absolute atomic E-state index is 15.3. The van der Waals surface area contributed by atoms with E-state index in [-0.39, 0.29) is 48.8 Å². The molecule has 3 aromatic rings. The first-order valence-corrected chi connectivity index (χ1v) is 18.7. The number of rotatable bonds is 8. The molecule has 4 heterocycles. The number of carbonyl (C=O) groups is 6. The van der Waals surface area contributed by atoms with Gasteiger partial charge in [-0.15, -0.1) is 0 Å². The molecule has 0 radical (unpaired) electrons. The minimum absolute atomic E-state index is 0.0126. The Kier molecular flexibility index (Phi) is 9.03. The normalized spacial score (nSPS) is 25.3. The Bertz CT molecular complexity index is 2190. The molecule has 1 aliphatic carbocycles. The fourth-order valence-corrected chi connectivity index (χ4v) is 9.84. The maximum Gasteiger partial charge on any atom is 0.355 e. The molecule has 12 heteroatoms. The molecule has 0 amide bonds. The second-order valence-corrected chi connectivity index (χ2v) is 13.9. The van der Waals surface area contributed by atoms with E-state index in [1.807, 2.05) is 42.5 Å². The molecule has 55 heavy (non-hydrogen) atoms. The number of hydrogen-bond donors (Lipinski definition) is 0. The average Bonchev–Trinajstić information content (AvgIpc) is 3.63. The Labute approximate surface area is 317 Å². The van der Waals surface area contributed by atoms with Crippen molar-refractivity contribution in [3.8, 4) is 0 Å². The molecule has 1 fully saturated rings. The molecule has 1 spiro atoms. The summed E-state index contributed by atoms with van der Waals surface area (Å²) in [4.78, 5) is 92.1. The van der Waals surface area contributed by atoms with Crippen molar-refractivity contribution >= 4 is 41.5 Å². The SMILES string of the molecule is CCOC(=O)C1=C(C(=O)OCC)N2C=Cc3ccccc3[C@H]2[C@H]2c3ccccc3[C@H]3N([C@@H]12)[C@@H](C(=O)OCC)[C@@H](C(=O)OCC)C31C(=O)c2ccccc2C1=O. The van der Waals surface area contributed by atoms with Crippen molar-refractivity contribution in [2.45, 2.75) is 57.8 Å². The minimum Gasteiger partial charge on any atom is -0.466 e. The van der Waals surface area contributed by atoms with Crippen molar-refractivity contribution in [3.63, 3.8) is 0 Å². The lowest BCUT2D eigenvalue weighted by molar-refractivity contribution is -0.161. The first-order valence-electron chi connectivity index (χ1n) is 18.7. The summed E-state index contributed by atoms with van der Waals surface area (Å²) in [6.07, 6.45) is 3.58. The number of fused-ring (bicyclic) bond motifs is 12. The van der Waals surface area contributed by atoms with Crippen LogP contribution in [0.3, 0.4) is 0 Å². The van der Waals surface area contributed by atoms with E-state index in [2.05, 4.69) is 0 Å². The monoisotopic (exact) mass is 744 g/mol. The molecule has 8 rings (SSSR count). The molecule has 0 aromatic heterocycles. The zero-order valence-corrected chi connectivity index (χ0v) is 30.9. The lowest BCUT2D eigenvalue weighted by atomic mass is 9.62. The van der Waals surface area contributed by atoms with Gasteiger partial charge in [0.05, 0.1) is 50.1 Å². The fraction of sp³-hybridized carbons (Fsp3) is 0.349. The summed E-state index contributed by atoms with van der Waals surface area (Å²) < 4.78 is 22.7. The highest BCUT2D eigenvalue weighted by Gasteiger charge is 2.78. The quantitative estimate of drug-likeness (QED) is 0.172. The smallest absolute Gasteiger partial charge is 0.355 e. The van der Waals surface area contributed by atoms with Crippen molar-refractivity contribution in [2.24, 2.45) is 11.3 Å². The highest BCUT2D eigenvalue weighted by Crippen LogP contribution is 2.67. The van der Waals surface area contributed by atoms with Crippen LogP contribution in [-0.2, 0) is 38.1 Å². The number of carbonyl (C=O) groups excluding carboxylic acids is 6. The fourth-order valence-electron chi connectivity index (χ4n) is 9.84. The van der Waals surface area contributed by atoms with E-state index in [0.717, 1.165) is 11.1 Å². The van der Waals surface area contributed by atoms with Gasteiger partial charge >= 0.3 is 23.9 Å². The summed E-state index contributed by atoms with van der Waals surface area (Å²) in [5.41, 5.74) is 0.637. The van der Waals surface area contributed by atoms with E-state index in [1.165, 1.54) is 0 Å². The third kappa shape index (κ3) is 4.93. The van der Waals surface area contributed by atoms with Crippen molar-refractivity contribution in [1.82, 2.24) is 9.80 Å². The highest BCUT2D eigenvalue weighted by atomic mass is 16.5. The molecule has 0 saturated carbocycles. The largest absolute Gasteiger partial charge is 0.466 e. The van der Waals surface area contributed by atoms with Gasteiger partial charge in [-0.05, 0) is 56.0 Å². The van der Waals surface area contributed by atoms with Crippen LogP contribution in [0.2, 0.25) is 0 Å². The summed E-state index contributed by atoms with van der Waals surface area (Å²) in [5, 5.41) is 0. The summed E-state index contributed by atoms with van der Waals surface area (Å²) in [6.45, 7) is 6.24. The Balaban J connectivity index is 1.53. The number of esters is 4. The van der Waals surface area contributed by atoms with Gasteiger partial charge in [0, 0.05) is 23.2 Å². The van der Waals surface area contributed by atoms with Gasteiger partial charge in [0.2, 0.25) is 0 Å². The molecule has 3 aromatic carbocycles. The van der Waals surface area contributed by atoms with Crippen LogP contribution >= 0.6 is 0 Å². The number of ketones is 2. The van der Waals surface area contributed by atoms with Crippen LogP contribution in [0.1, 0.15) is 88.7 Å². The lowest BCUT2D eigenvalue weighted by Gasteiger charge is -2.55. The number of Topliss-reactive ketones (excluding diaryl/α,β-unsaturated/α-hetero) is 2. The Hall–Kier alpha value is -5.88. The van der Waals surface area contributed by atoms with Crippen LogP contribution in [-0.4, -0.2) is 83.8 Å². The summed E-state index contributed by atoms with van der Waals surface area (Å²) in [5.74, 6) is -7.21. The average molecular weight is 745 g/mol. The van der Waals surface area contributed by atoms with Crippen LogP contribution in [0.4, 0.5) is 0 Å². The molecule has 4 aliphatic heterocycles. The van der Waals surface area contributed by atoms with E-state index < -0.39 is 76.9 Å². The zero-order chi connectivity index (χ0) is 38.8. The summed E-state index contributed by atoms with van der Waals surface area (Å²) in [7, 11) is 0. The Morgan fingerprint density at radius 1 is 0.636 bits per heavy atom. The molecular formula is C43H40N2O10. The van der Waals surface area contributed by atoms with E-state index >= 15 is 9.59 Å². The van der Waals surface area contributed by atoms with Gasteiger partial charge in [-0.3, -0.25) is 24.1 Å². The molecule has 0 unspecified atom stereocenters. The molecule has 6 atom stereocenters. The summed E-state index contributed by atoms with van der Waals surface area (Å²) in [6, 6.07) is 16.5. The van der Waals surface area contributed by atoms with Crippen LogP contribution in [0.5, 0.6) is 0 Å². The molecule has 12 nitrogen and oxygen atoms in total. The second-order valence-electron chi connectivity index (χ2n) is 13.9. The first kappa shape index (κ1) is 36.1. The zero-order valence-electron chi connectivity index (χ0n) is 30.9. The minimum atomic E-state index is -2.22. The van der Waals surface area contributed by atoms with Crippen molar-refractivity contribution < 1.29 is 47.7 Å². The van der Waals surface area contributed by atoms with Gasteiger partial charge in [-0.1, -0.05) is 72.8 Å². The van der Waals surface area contributed by atoms with Crippen molar-refractivity contribution in [2.75, 3.05) is 26.4 Å². The molecular weight excluding hydrogens is 704 g/mol. The van der Waals surface area contributed by atoms with E-state index in [4.69, 9.17) is 18.9 Å². The lowest BCUT2D eigenvalue weighted by Crippen LogP contribution is -2.59. The first-order chi connectivity index (χ1) is 26.7. The van der Waals surface area contributed by atoms with Crippen LogP contribution < -0.4 is 0 Å². The Morgan fingerprint density at radius 3 is 1.82 bits per heavy atom.